The maximum atomic E-state index is 5.33. The SMILES string of the molecule is Cc1ccoc1-c1noc(CN)n1. The minimum atomic E-state index is 0.243. The van der Waals surface area contributed by atoms with Crippen molar-refractivity contribution in [1.82, 2.24) is 10.1 Å². The zero-order chi connectivity index (χ0) is 9.26. The summed E-state index contributed by atoms with van der Waals surface area (Å²) in [5.41, 5.74) is 6.30. The van der Waals surface area contributed by atoms with Gasteiger partial charge in [0.1, 0.15) is 0 Å². The molecule has 2 N–H and O–H groups in total. The third-order valence-electron chi connectivity index (χ3n) is 1.71. The van der Waals surface area contributed by atoms with E-state index in [0.717, 1.165) is 5.56 Å². The van der Waals surface area contributed by atoms with Gasteiger partial charge in [-0.1, -0.05) is 5.16 Å². The molecule has 5 nitrogen and oxygen atoms in total. The maximum absolute atomic E-state index is 5.33. The third-order valence-corrected chi connectivity index (χ3v) is 1.71. The van der Waals surface area contributed by atoms with E-state index in [9.17, 15) is 0 Å². The van der Waals surface area contributed by atoms with Gasteiger partial charge in [-0.3, -0.25) is 0 Å². The molecule has 0 unspecified atom stereocenters. The first kappa shape index (κ1) is 8.00. The summed E-state index contributed by atoms with van der Waals surface area (Å²) in [6.07, 6.45) is 1.59. The molecule has 0 fully saturated rings. The number of nitrogens with zero attached hydrogens (tertiary/aromatic N) is 2. The van der Waals surface area contributed by atoms with Crippen molar-refractivity contribution in [2.45, 2.75) is 13.5 Å². The molecular weight excluding hydrogens is 170 g/mol. The molecule has 2 aromatic rings. The van der Waals surface area contributed by atoms with Gasteiger partial charge in [-0.2, -0.15) is 4.98 Å². The molecule has 0 radical (unpaired) electrons. The molecule has 2 aromatic heterocycles. The Labute approximate surface area is 74.5 Å². The van der Waals surface area contributed by atoms with Crippen LogP contribution in [-0.2, 0) is 6.54 Å². The van der Waals surface area contributed by atoms with E-state index in [2.05, 4.69) is 10.1 Å². The van der Waals surface area contributed by atoms with Crippen molar-refractivity contribution >= 4 is 0 Å². The van der Waals surface area contributed by atoms with E-state index in [1.165, 1.54) is 0 Å². The van der Waals surface area contributed by atoms with Gasteiger partial charge in [-0.25, -0.2) is 0 Å². The molecule has 0 saturated heterocycles. The van der Waals surface area contributed by atoms with E-state index in [-0.39, 0.29) is 6.54 Å². The Kier molecular flexibility index (Phi) is 1.86. The average molecular weight is 179 g/mol. The van der Waals surface area contributed by atoms with Crippen molar-refractivity contribution in [2.24, 2.45) is 5.73 Å². The second-order valence-electron chi connectivity index (χ2n) is 2.65. The van der Waals surface area contributed by atoms with Gasteiger partial charge in [0.15, 0.2) is 5.76 Å². The standard InChI is InChI=1S/C8H9N3O2/c1-5-2-3-12-7(5)8-10-6(4-9)13-11-8/h2-3H,4,9H2,1H3. The summed E-state index contributed by atoms with van der Waals surface area (Å²) in [6.45, 7) is 2.16. The molecule has 68 valence electrons. The fourth-order valence-corrected chi connectivity index (χ4v) is 1.03. The van der Waals surface area contributed by atoms with E-state index in [0.29, 0.717) is 17.5 Å². The lowest BCUT2D eigenvalue weighted by Gasteiger charge is -1.87. The minimum Gasteiger partial charge on any atom is -0.461 e. The summed E-state index contributed by atoms with van der Waals surface area (Å²) >= 11 is 0. The number of hydrogen-bond acceptors (Lipinski definition) is 5. The molecule has 13 heavy (non-hydrogen) atoms. The quantitative estimate of drug-likeness (QED) is 0.746. The molecule has 0 spiro atoms. The summed E-state index contributed by atoms with van der Waals surface area (Å²) < 4.78 is 10.0. The van der Waals surface area contributed by atoms with Crippen LogP contribution in [0.3, 0.4) is 0 Å². The Bertz CT molecular complexity index is 405. The van der Waals surface area contributed by atoms with E-state index in [1.807, 2.05) is 13.0 Å². The smallest absolute Gasteiger partial charge is 0.240 e. The highest BCUT2D eigenvalue weighted by atomic mass is 16.5. The van der Waals surface area contributed by atoms with E-state index >= 15 is 0 Å². The summed E-state index contributed by atoms with van der Waals surface area (Å²) in [5.74, 6) is 1.48. The molecule has 0 saturated carbocycles. The number of furan rings is 1. The Morgan fingerprint density at radius 2 is 2.38 bits per heavy atom. The Hall–Kier alpha value is -1.62. The number of rotatable bonds is 2. The average Bonchev–Trinajstić information content (AvgIpc) is 2.71. The van der Waals surface area contributed by atoms with Crippen molar-refractivity contribution < 1.29 is 8.94 Å². The van der Waals surface area contributed by atoms with Crippen LogP contribution in [0.2, 0.25) is 0 Å². The monoisotopic (exact) mass is 179 g/mol. The zero-order valence-electron chi connectivity index (χ0n) is 7.15. The highest BCUT2D eigenvalue weighted by Crippen LogP contribution is 2.20. The van der Waals surface area contributed by atoms with Crippen molar-refractivity contribution in [3.63, 3.8) is 0 Å². The van der Waals surface area contributed by atoms with Gasteiger partial charge < -0.3 is 14.7 Å². The first-order valence-corrected chi connectivity index (χ1v) is 3.88. The van der Waals surface area contributed by atoms with Crippen molar-refractivity contribution in [3.05, 3.63) is 23.8 Å². The molecule has 2 heterocycles. The Morgan fingerprint density at radius 1 is 1.54 bits per heavy atom. The molecule has 2 rings (SSSR count). The van der Waals surface area contributed by atoms with Crippen LogP contribution in [0.1, 0.15) is 11.5 Å². The van der Waals surface area contributed by atoms with Crippen LogP contribution in [0.25, 0.3) is 11.6 Å². The van der Waals surface area contributed by atoms with Crippen LogP contribution < -0.4 is 5.73 Å². The summed E-state index contributed by atoms with van der Waals surface area (Å²) in [5, 5.41) is 3.73. The molecular formula is C8H9N3O2. The second kappa shape index (κ2) is 3.02. The minimum absolute atomic E-state index is 0.243. The van der Waals surface area contributed by atoms with Gasteiger partial charge in [0, 0.05) is 0 Å². The van der Waals surface area contributed by atoms with Crippen LogP contribution in [0.5, 0.6) is 0 Å². The van der Waals surface area contributed by atoms with Crippen LogP contribution in [-0.4, -0.2) is 10.1 Å². The summed E-state index contributed by atoms with van der Waals surface area (Å²) in [7, 11) is 0. The highest BCUT2D eigenvalue weighted by molar-refractivity contribution is 5.50. The molecule has 0 bridgehead atoms. The largest absolute Gasteiger partial charge is 0.461 e. The van der Waals surface area contributed by atoms with Crippen LogP contribution >= 0.6 is 0 Å². The van der Waals surface area contributed by atoms with E-state index in [4.69, 9.17) is 14.7 Å². The molecule has 0 aliphatic carbocycles. The normalized spacial score (nSPS) is 10.6. The number of nitrogens with two attached hydrogens (primary N) is 1. The topological polar surface area (TPSA) is 78.1 Å². The molecule has 5 heteroatoms. The highest BCUT2D eigenvalue weighted by Gasteiger charge is 2.12. The van der Waals surface area contributed by atoms with Crippen molar-refractivity contribution in [2.75, 3.05) is 0 Å². The number of aryl methyl sites for hydroxylation is 1. The molecule has 0 atom stereocenters. The lowest BCUT2D eigenvalue weighted by atomic mass is 10.3. The van der Waals surface area contributed by atoms with Crippen molar-refractivity contribution in [1.29, 1.82) is 0 Å². The first-order valence-electron chi connectivity index (χ1n) is 3.88. The van der Waals surface area contributed by atoms with Gasteiger partial charge in [0.05, 0.1) is 12.8 Å². The van der Waals surface area contributed by atoms with Crippen LogP contribution in [0, 0.1) is 6.92 Å². The Morgan fingerprint density at radius 3 is 2.92 bits per heavy atom. The van der Waals surface area contributed by atoms with Gasteiger partial charge >= 0.3 is 0 Å². The van der Waals surface area contributed by atoms with E-state index in [1.54, 1.807) is 6.26 Å². The molecule has 0 aliphatic rings. The van der Waals surface area contributed by atoms with Gasteiger partial charge in [-0.15, -0.1) is 0 Å². The number of aromatic nitrogens is 2. The van der Waals surface area contributed by atoms with Crippen LogP contribution in [0.15, 0.2) is 21.3 Å². The van der Waals surface area contributed by atoms with Crippen LogP contribution in [0.4, 0.5) is 0 Å². The third kappa shape index (κ3) is 1.33. The predicted molar refractivity (Wildman–Crippen MR) is 44.6 cm³/mol. The lowest BCUT2D eigenvalue weighted by Crippen LogP contribution is -1.95. The molecule has 0 aromatic carbocycles. The lowest BCUT2D eigenvalue weighted by molar-refractivity contribution is 0.379. The zero-order valence-corrected chi connectivity index (χ0v) is 7.15. The first-order chi connectivity index (χ1) is 6.31. The summed E-state index contributed by atoms with van der Waals surface area (Å²) in [6, 6.07) is 1.84. The van der Waals surface area contributed by atoms with Gasteiger partial charge in [-0.05, 0) is 18.6 Å². The fourth-order valence-electron chi connectivity index (χ4n) is 1.03. The second-order valence-corrected chi connectivity index (χ2v) is 2.65. The predicted octanol–water partition coefficient (Wildman–Crippen LogP) is 1.10. The fraction of sp³-hybridized carbons (Fsp3) is 0.250. The van der Waals surface area contributed by atoms with Crippen molar-refractivity contribution in [3.8, 4) is 11.6 Å². The molecule has 0 aliphatic heterocycles. The summed E-state index contributed by atoms with van der Waals surface area (Å²) in [4.78, 5) is 4.04. The molecule has 0 amide bonds. The number of hydrogen-bond donors (Lipinski definition) is 1. The maximum Gasteiger partial charge on any atom is 0.240 e. The van der Waals surface area contributed by atoms with Gasteiger partial charge in [0.25, 0.3) is 0 Å². The van der Waals surface area contributed by atoms with E-state index < -0.39 is 0 Å². The Balaban J connectivity index is 2.41. The van der Waals surface area contributed by atoms with Gasteiger partial charge in [0.2, 0.25) is 11.7 Å².